The second-order valence-corrected chi connectivity index (χ2v) is 6.56. The van der Waals surface area contributed by atoms with Crippen molar-refractivity contribution in [2.75, 3.05) is 19.0 Å². The van der Waals surface area contributed by atoms with E-state index < -0.39 is 0 Å². The molecule has 1 aliphatic carbocycles. The zero-order valence-electron chi connectivity index (χ0n) is 14.2. The Bertz CT molecular complexity index is 500. The molecule has 1 saturated carbocycles. The monoisotopic (exact) mass is 302 g/mol. The van der Waals surface area contributed by atoms with Gasteiger partial charge in [0.15, 0.2) is 5.96 Å². The highest BCUT2D eigenvalue weighted by molar-refractivity contribution is 5.78. The van der Waals surface area contributed by atoms with Gasteiger partial charge in [-0.1, -0.05) is 37.8 Å². The van der Waals surface area contributed by atoms with E-state index in [-0.39, 0.29) is 0 Å². The number of rotatable bonds is 4. The second-order valence-electron chi connectivity index (χ2n) is 6.56. The molecular formula is C18H30N4. The quantitative estimate of drug-likeness (QED) is 0.510. The van der Waals surface area contributed by atoms with Crippen LogP contribution in [0.15, 0.2) is 23.2 Å². The van der Waals surface area contributed by atoms with Gasteiger partial charge in [0, 0.05) is 25.8 Å². The van der Waals surface area contributed by atoms with Crippen molar-refractivity contribution in [3.8, 4) is 0 Å². The molecule has 0 amide bonds. The Hall–Kier alpha value is -1.71. The summed E-state index contributed by atoms with van der Waals surface area (Å²) < 4.78 is 0. The van der Waals surface area contributed by atoms with Gasteiger partial charge in [-0.2, -0.15) is 0 Å². The van der Waals surface area contributed by atoms with Crippen LogP contribution in [0.1, 0.15) is 49.7 Å². The maximum atomic E-state index is 6.08. The lowest BCUT2D eigenvalue weighted by molar-refractivity contribution is 0.530. The summed E-state index contributed by atoms with van der Waals surface area (Å²) in [5.41, 5.74) is 9.77. The molecule has 4 heteroatoms. The molecule has 0 unspecified atom stereocenters. The summed E-state index contributed by atoms with van der Waals surface area (Å²) in [6.07, 6.45) is 7.73. The molecule has 22 heavy (non-hydrogen) atoms. The van der Waals surface area contributed by atoms with Gasteiger partial charge in [0.1, 0.15) is 0 Å². The minimum Gasteiger partial charge on any atom is -0.377 e. The molecule has 0 spiro atoms. The molecule has 0 radical (unpaired) electrons. The Morgan fingerprint density at radius 3 is 2.55 bits per heavy atom. The fourth-order valence-electron chi connectivity index (χ4n) is 3.07. The standard InChI is InChI=1S/C18H30N4/c1-14-10-11-15(17(12-14)22(2)3)13-20-18(19)21-16-8-6-4-5-7-9-16/h10-12,16H,4-9,13H2,1-3H3,(H3,19,20,21). The fourth-order valence-corrected chi connectivity index (χ4v) is 3.07. The summed E-state index contributed by atoms with van der Waals surface area (Å²) in [5.74, 6) is 0.581. The summed E-state index contributed by atoms with van der Waals surface area (Å²) in [7, 11) is 4.13. The summed E-state index contributed by atoms with van der Waals surface area (Å²) in [6, 6.07) is 6.97. The third-order valence-corrected chi connectivity index (χ3v) is 4.35. The maximum absolute atomic E-state index is 6.08. The second kappa shape index (κ2) is 8.06. The van der Waals surface area contributed by atoms with Crippen molar-refractivity contribution < 1.29 is 0 Å². The molecule has 0 aliphatic heterocycles. The van der Waals surface area contributed by atoms with Gasteiger partial charge in [0.05, 0.1) is 6.54 Å². The lowest BCUT2D eigenvalue weighted by atomic mass is 10.1. The van der Waals surface area contributed by atoms with Crippen LogP contribution in [0, 0.1) is 6.92 Å². The topological polar surface area (TPSA) is 53.6 Å². The average molecular weight is 302 g/mol. The Labute approximate surface area is 134 Å². The molecule has 1 aromatic carbocycles. The van der Waals surface area contributed by atoms with Crippen LogP contribution in [0.5, 0.6) is 0 Å². The van der Waals surface area contributed by atoms with E-state index in [0.717, 1.165) is 0 Å². The van der Waals surface area contributed by atoms with E-state index >= 15 is 0 Å². The van der Waals surface area contributed by atoms with Crippen LogP contribution in [0.2, 0.25) is 0 Å². The molecule has 122 valence electrons. The van der Waals surface area contributed by atoms with Crippen molar-refractivity contribution in [1.82, 2.24) is 5.32 Å². The third kappa shape index (κ3) is 4.93. The average Bonchev–Trinajstić information content (AvgIpc) is 2.74. The molecule has 0 aromatic heterocycles. The summed E-state index contributed by atoms with van der Waals surface area (Å²) in [4.78, 5) is 6.68. The Kier molecular flexibility index (Phi) is 6.10. The zero-order valence-corrected chi connectivity index (χ0v) is 14.2. The van der Waals surface area contributed by atoms with Crippen LogP contribution >= 0.6 is 0 Å². The Morgan fingerprint density at radius 1 is 1.23 bits per heavy atom. The van der Waals surface area contributed by atoms with E-state index in [1.54, 1.807) is 0 Å². The summed E-state index contributed by atoms with van der Waals surface area (Å²) >= 11 is 0. The van der Waals surface area contributed by atoms with Crippen LogP contribution in [-0.2, 0) is 6.54 Å². The van der Waals surface area contributed by atoms with E-state index in [9.17, 15) is 0 Å². The van der Waals surface area contributed by atoms with E-state index in [4.69, 9.17) is 5.73 Å². The lowest BCUT2D eigenvalue weighted by Gasteiger charge is -2.19. The highest BCUT2D eigenvalue weighted by atomic mass is 15.1. The van der Waals surface area contributed by atoms with Gasteiger partial charge in [-0.25, -0.2) is 4.99 Å². The first-order valence-electron chi connectivity index (χ1n) is 8.39. The number of anilines is 1. The molecule has 1 aromatic rings. The number of hydrogen-bond donors (Lipinski definition) is 2. The first-order chi connectivity index (χ1) is 10.6. The zero-order chi connectivity index (χ0) is 15.9. The first kappa shape index (κ1) is 16.7. The molecule has 0 heterocycles. The van der Waals surface area contributed by atoms with Crippen molar-refractivity contribution in [1.29, 1.82) is 0 Å². The minimum atomic E-state index is 0.498. The molecule has 2 rings (SSSR count). The Balaban J connectivity index is 1.98. The number of hydrogen-bond acceptors (Lipinski definition) is 2. The number of nitrogens with one attached hydrogen (secondary N) is 1. The number of aliphatic imine (C=N–C) groups is 1. The van der Waals surface area contributed by atoms with Crippen LogP contribution < -0.4 is 16.0 Å². The number of guanidine groups is 1. The molecule has 1 aliphatic rings. The van der Waals surface area contributed by atoms with Crippen molar-refractivity contribution in [2.24, 2.45) is 10.7 Å². The van der Waals surface area contributed by atoms with Gasteiger partial charge in [-0.3, -0.25) is 0 Å². The predicted octanol–water partition coefficient (Wildman–Crippen LogP) is 3.19. The minimum absolute atomic E-state index is 0.498. The van der Waals surface area contributed by atoms with Gasteiger partial charge in [-0.15, -0.1) is 0 Å². The molecule has 1 fully saturated rings. The van der Waals surface area contributed by atoms with Crippen LogP contribution in [0.25, 0.3) is 0 Å². The lowest BCUT2D eigenvalue weighted by Crippen LogP contribution is -2.39. The fraction of sp³-hybridized carbons (Fsp3) is 0.611. The molecule has 0 bridgehead atoms. The van der Waals surface area contributed by atoms with Gasteiger partial charge in [-0.05, 0) is 37.0 Å². The predicted molar refractivity (Wildman–Crippen MR) is 95.5 cm³/mol. The van der Waals surface area contributed by atoms with Crippen molar-refractivity contribution >= 4 is 11.6 Å². The van der Waals surface area contributed by atoms with Crippen LogP contribution in [0.4, 0.5) is 5.69 Å². The van der Waals surface area contributed by atoms with Crippen molar-refractivity contribution in [2.45, 2.75) is 58.0 Å². The number of nitrogens with two attached hydrogens (primary N) is 1. The van der Waals surface area contributed by atoms with Crippen LogP contribution in [-0.4, -0.2) is 26.1 Å². The summed E-state index contributed by atoms with van der Waals surface area (Å²) in [5, 5.41) is 3.40. The van der Waals surface area contributed by atoms with Crippen LogP contribution in [0.3, 0.4) is 0 Å². The third-order valence-electron chi connectivity index (χ3n) is 4.35. The van der Waals surface area contributed by atoms with Gasteiger partial charge in [0.25, 0.3) is 0 Å². The largest absolute Gasteiger partial charge is 0.377 e. The molecule has 4 nitrogen and oxygen atoms in total. The molecular weight excluding hydrogens is 272 g/mol. The van der Waals surface area contributed by atoms with Gasteiger partial charge in [0.2, 0.25) is 0 Å². The summed E-state index contributed by atoms with van der Waals surface area (Å²) in [6.45, 7) is 2.74. The first-order valence-corrected chi connectivity index (χ1v) is 8.39. The number of aryl methyl sites for hydroxylation is 1. The normalized spacial score (nSPS) is 17.1. The van der Waals surface area contributed by atoms with Gasteiger partial charge >= 0.3 is 0 Å². The smallest absolute Gasteiger partial charge is 0.189 e. The van der Waals surface area contributed by atoms with Crippen molar-refractivity contribution in [3.05, 3.63) is 29.3 Å². The highest BCUT2D eigenvalue weighted by Gasteiger charge is 2.12. The SMILES string of the molecule is Cc1ccc(CN=C(N)NC2CCCCCC2)c(N(C)C)c1. The van der Waals surface area contributed by atoms with E-state index in [2.05, 4.69) is 54.4 Å². The molecule has 0 atom stereocenters. The van der Waals surface area contributed by atoms with E-state index in [1.165, 1.54) is 55.3 Å². The van der Waals surface area contributed by atoms with E-state index in [0.29, 0.717) is 18.5 Å². The molecule has 0 saturated heterocycles. The van der Waals surface area contributed by atoms with E-state index in [1.807, 2.05) is 0 Å². The molecule has 3 N–H and O–H groups in total. The highest BCUT2D eigenvalue weighted by Crippen LogP contribution is 2.21. The number of benzene rings is 1. The Morgan fingerprint density at radius 2 is 1.91 bits per heavy atom. The maximum Gasteiger partial charge on any atom is 0.189 e. The van der Waals surface area contributed by atoms with Crippen molar-refractivity contribution in [3.63, 3.8) is 0 Å². The number of nitrogens with zero attached hydrogens (tertiary/aromatic N) is 2. The van der Waals surface area contributed by atoms with Gasteiger partial charge < -0.3 is 16.0 Å².